The fraction of sp³-hybridized carbons (Fsp3) is 0.385. The molecule has 16 heavy (non-hydrogen) atoms. The van der Waals surface area contributed by atoms with Crippen LogP contribution in [0, 0.1) is 0 Å². The van der Waals surface area contributed by atoms with Gasteiger partial charge in [-0.15, -0.1) is 0 Å². The van der Waals surface area contributed by atoms with Gasteiger partial charge in [-0.1, -0.05) is 15.9 Å². The van der Waals surface area contributed by atoms with Gasteiger partial charge in [0.25, 0.3) is 0 Å². The zero-order valence-corrected chi connectivity index (χ0v) is 12.2. The molecule has 3 heteroatoms. The number of aromatic nitrogens is 1. The van der Waals surface area contributed by atoms with E-state index in [-0.39, 0.29) is 0 Å². The third kappa shape index (κ3) is 2.16. The molecule has 1 heterocycles. The second-order valence-electron chi connectivity index (χ2n) is 4.24. The number of thioether (sulfide) groups is 1. The Morgan fingerprint density at radius 3 is 2.69 bits per heavy atom. The maximum absolute atomic E-state index is 3.53. The molecule has 0 amide bonds. The van der Waals surface area contributed by atoms with Gasteiger partial charge in [0, 0.05) is 32.9 Å². The van der Waals surface area contributed by atoms with E-state index in [2.05, 4.69) is 64.9 Å². The van der Waals surface area contributed by atoms with E-state index in [9.17, 15) is 0 Å². The Labute approximate surface area is 109 Å². The van der Waals surface area contributed by atoms with Crippen molar-refractivity contribution in [3.63, 3.8) is 0 Å². The largest absolute Gasteiger partial charge is 0.341 e. The summed E-state index contributed by atoms with van der Waals surface area (Å²) in [5.74, 6) is 1.07. The van der Waals surface area contributed by atoms with Gasteiger partial charge < -0.3 is 4.57 Å². The fourth-order valence-corrected chi connectivity index (χ4v) is 3.03. The van der Waals surface area contributed by atoms with Crippen molar-refractivity contribution in [1.82, 2.24) is 4.57 Å². The summed E-state index contributed by atoms with van der Waals surface area (Å²) in [7, 11) is 0. The fourth-order valence-electron chi connectivity index (χ4n) is 2.13. The Hall–Kier alpha value is -0.410. The Bertz CT molecular complexity index is 502. The molecule has 1 aromatic carbocycles. The van der Waals surface area contributed by atoms with Gasteiger partial charge in [-0.25, -0.2) is 0 Å². The Balaban J connectivity index is 2.65. The molecule has 1 aromatic heterocycles. The Morgan fingerprint density at radius 1 is 1.31 bits per heavy atom. The van der Waals surface area contributed by atoms with E-state index < -0.39 is 0 Å². The summed E-state index contributed by atoms with van der Waals surface area (Å²) in [5, 5.41) is 1.33. The predicted molar refractivity (Wildman–Crippen MR) is 77.2 cm³/mol. The third-order valence-electron chi connectivity index (χ3n) is 2.69. The Kier molecular flexibility index (Phi) is 3.65. The molecule has 0 N–H and O–H groups in total. The molecule has 0 bridgehead atoms. The second-order valence-corrected chi connectivity index (χ2v) is 6.02. The molecule has 2 aromatic rings. The van der Waals surface area contributed by atoms with Crippen LogP contribution in [-0.2, 0) is 5.75 Å². The average molecular weight is 298 g/mol. The van der Waals surface area contributed by atoms with Crippen molar-refractivity contribution in [3.05, 3.63) is 34.4 Å². The number of halogens is 1. The normalized spacial score (nSPS) is 11.6. The maximum Gasteiger partial charge on any atom is 0.0485 e. The topological polar surface area (TPSA) is 4.93 Å². The Morgan fingerprint density at radius 2 is 2.06 bits per heavy atom. The molecule has 0 aliphatic heterocycles. The highest BCUT2D eigenvalue weighted by atomic mass is 79.9. The van der Waals surface area contributed by atoms with Crippen molar-refractivity contribution < 1.29 is 0 Å². The highest BCUT2D eigenvalue weighted by Gasteiger charge is 2.10. The lowest BCUT2D eigenvalue weighted by molar-refractivity contribution is 0.606. The quantitative estimate of drug-likeness (QED) is 0.784. The molecule has 0 atom stereocenters. The molecule has 0 aliphatic carbocycles. The van der Waals surface area contributed by atoms with E-state index in [0.717, 1.165) is 10.2 Å². The van der Waals surface area contributed by atoms with Crippen LogP contribution in [0.4, 0.5) is 0 Å². The standard InChI is InChI=1S/C13H16BrNS/c1-9(2)15-12(8-16-3)7-10-6-11(14)4-5-13(10)15/h4-7,9H,8H2,1-3H3. The first kappa shape index (κ1) is 12.1. The van der Waals surface area contributed by atoms with Gasteiger partial charge in [0.1, 0.15) is 0 Å². The molecular weight excluding hydrogens is 282 g/mol. The summed E-state index contributed by atoms with van der Waals surface area (Å²) in [5.41, 5.74) is 2.75. The average Bonchev–Trinajstić information content (AvgIpc) is 2.55. The summed E-state index contributed by atoms with van der Waals surface area (Å²) >= 11 is 5.40. The third-order valence-corrected chi connectivity index (χ3v) is 3.77. The number of hydrogen-bond donors (Lipinski definition) is 0. The van der Waals surface area contributed by atoms with Crippen LogP contribution < -0.4 is 0 Å². The van der Waals surface area contributed by atoms with Crippen molar-refractivity contribution >= 4 is 38.6 Å². The van der Waals surface area contributed by atoms with Crippen LogP contribution in [0.15, 0.2) is 28.7 Å². The summed E-state index contributed by atoms with van der Waals surface area (Å²) in [6, 6.07) is 9.32. The lowest BCUT2D eigenvalue weighted by atomic mass is 10.2. The smallest absolute Gasteiger partial charge is 0.0485 e. The van der Waals surface area contributed by atoms with Gasteiger partial charge in [0.2, 0.25) is 0 Å². The van der Waals surface area contributed by atoms with Crippen molar-refractivity contribution in [3.8, 4) is 0 Å². The van der Waals surface area contributed by atoms with Gasteiger partial charge in [0.05, 0.1) is 0 Å². The van der Waals surface area contributed by atoms with Crippen LogP contribution in [0.1, 0.15) is 25.6 Å². The number of nitrogens with zero attached hydrogens (tertiary/aromatic N) is 1. The SMILES string of the molecule is CSCc1cc2cc(Br)ccc2n1C(C)C. The van der Waals surface area contributed by atoms with Crippen LogP contribution in [0.2, 0.25) is 0 Å². The van der Waals surface area contributed by atoms with Gasteiger partial charge in [-0.05, 0) is 44.4 Å². The zero-order valence-electron chi connectivity index (χ0n) is 9.83. The van der Waals surface area contributed by atoms with Gasteiger partial charge >= 0.3 is 0 Å². The highest BCUT2D eigenvalue weighted by Crippen LogP contribution is 2.28. The molecule has 0 saturated heterocycles. The van der Waals surface area contributed by atoms with Crippen LogP contribution in [0.5, 0.6) is 0 Å². The predicted octanol–water partition coefficient (Wildman–Crippen LogP) is 4.85. The molecule has 0 unspecified atom stereocenters. The van der Waals surface area contributed by atoms with Gasteiger partial charge in [-0.2, -0.15) is 11.8 Å². The zero-order chi connectivity index (χ0) is 11.7. The molecule has 0 radical (unpaired) electrons. The van der Waals surface area contributed by atoms with Crippen molar-refractivity contribution in [1.29, 1.82) is 0 Å². The van der Waals surface area contributed by atoms with Gasteiger partial charge in [0.15, 0.2) is 0 Å². The first-order chi connectivity index (χ1) is 7.63. The van der Waals surface area contributed by atoms with E-state index in [4.69, 9.17) is 0 Å². The van der Waals surface area contributed by atoms with Crippen molar-refractivity contribution in [2.45, 2.75) is 25.6 Å². The molecule has 0 saturated carbocycles. The van der Waals surface area contributed by atoms with Crippen molar-refractivity contribution in [2.75, 3.05) is 6.26 Å². The van der Waals surface area contributed by atoms with E-state index in [1.165, 1.54) is 16.6 Å². The molecule has 1 nitrogen and oxygen atoms in total. The number of rotatable bonds is 3. The first-order valence-corrected chi connectivity index (χ1v) is 7.60. The molecule has 0 spiro atoms. The van der Waals surface area contributed by atoms with Crippen LogP contribution in [0.25, 0.3) is 10.9 Å². The van der Waals surface area contributed by atoms with Crippen LogP contribution >= 0.6 is 27.7 Å². The van der Waals surface area contributed by atoms with E-state index in [1.807, 2.05) is 11.8 Å². The minimum atomic E-state index is 0.515. The summed E-state index contributed by atoms with van der Waals surface area (Å²) in [4.78, 5) is 0. The minimum Gasteiger partial charge on any atom is -0.341 e. The first-order valence-electron chi connectivity index (χ1n) is 5.41. The molecular formula is C13H16BrNS. The lowest BCUT2D eigenvalue weighted by Crippen LogP contribution is -2.04. The molecule has 0 fully saturated rings. The summed E-state index contributed by atoms with van der Waals surface area (Å²) in [6.07, 6.45) is 2.15. The number of hydrogen-bond acceptors (Lipinski definition) is 1. The number of fused-ring (bicyclic) bond motifs is 1. The van der Waals surface area contributed by atoms with Crippen LogP contribution in [-0.4, -0.2) is 10.8 Å². The van der Waals surface area contributed by atoms with E-state index >= 15 is 0 Å². The summed E-state index contributed by atoms with van der Waals surface area (Å²) < 4.78 is 3.58. The molecule has 2 rings (SSSR count). The monoisotopic (exact) mass is 297 g/mol. The number of benzene rings is 1. The highest BCUT2D eigenvalue weighted by molar-refractivity contribution is 9.10. The lowest BCUT2D eigenvalue weighted by Gasteiger charge is -2.14. The molecule has 0 aliphatic rings. The summed E-state index contributed by atoms with van der Waals surface area (Å²) in [6.45, 7) is 4.48. The van der Waals surface area contributed by atoms with E-state index in [1.54, 1.807) is 0 Å². The minimum absolute atomic E-state index is 0.515. The van der Waals surface area contributed by atoms with Gasteiger partial charge in [-0.3, -0.25) is 0 Å². The van der Waals surface area contributed by atoms with Crippen LogP contribution in [0.3, 0.4) is 0 Å². The maximum atomic E-state index is 3.53. The van der Waals surface area contributed by atoms with Crippen molar-refractivity contribution in [2.24, 2.45) is 0 Å². The molecule has 86 valence electrons. The second kappa shape index (κ2) is 4.84. The van der Waals surface area contributed by atoms with E-state index in [0.29, 0.717) is 6.04 Å².